The van der Waals surface area contributed by atoms with Gasteiger partial charge in [0, 0.05) is 6.42 Å². The third-order valence-electron chi connectivity index (χ3n) is 3.78. The SMILES string of the molecule is CC(=O)CC1(Cc2cccc(O)c2)CCNCC1. The molecular weight excluding hydrogens is 226 g/mol. The summed E-state index contributed by atoms with van der Waals surface area (Å²) in [6, 6.07) is 7.39. The van der Waals surface area contributed by atoms with Crippen LogP contribution < -0.4 is 5.32 Å². The Morgan fingerprint density at radius 1 is 1.39 bits per heavy atom. The average Bonchev–Trinajstić information content (AvgIpc) is 2.28. The predicted octanol–water partition coefficient (Wildman–Crippen LogP) is 2.28. The van der Waals surface area contributed by atoms with Gasteiger partial charge in [-0.1, -0.05) is 12.1 Å². The van der Waals surface area contributed by atoms with Crippen molar-refractivity contribution < 1.29 is 9.90 Å². The molecule has 0 radical (unpaired) electrons. The third-order valence-corrected chi connectivity index (χ3v) is 3.78. The van der Waals surface area contributed by atoms with Crippen molar-refractivity contribution in [2.45, 2.75) is 32.6 Å². The fourth-order valence-electron chi connectivity index (χ4n) is 3.00. The average molecular weight is 247 g/mol. The minimum Gasteiger partial charge on any atom is -0.508 e. The van der Waals surface area contributed by atoms with E-state index in [4.69, 9.17) is 0 Å². The Labute approximate surface area is 108 Å². The van der Waals surface area contributed by atoms with Gasteiger partial charge in [-0.15, -0.1) is 0 Å². The molecule has 0 aromatic heterocycles. The van der Waals surface area contributed by atoms with Gasteiger partial charge in [-0.2, -0.15) is 0 Å². The van der Waals surface area contributed by atoms with E-state index in [9.17, 15) is 9.90 Å². The van der Waals surface area contributed by atoms with Crippen LogP contribution in [-0.2, 0) is 11.2 Å². The van der Waals surface area contributed by atoms with E-state index in [1.54, 1.807) is 13.0 Å². The van der Waals surface area contributed by atoms with Gasteiger partial charge in [0.05, 0.1) is 0 Å². The normalized spacial score (nSPS) is 18.5. The molecule has 1 aliphatic heterocycles. The van der Waals surface area contributed by atoms with Crippen molar-refractivity contribution in [3.05, 3.63) is 29.8 Å². The lowest BCUT2D eigenvalue weighted by Crippen LogP contribution is -2.39. The Kier molecular flexibility index (Phi) is 4.02. The molecule has 18 heavy (non-hydrogen) atoms. The minimum absolute atomic E-state index is 0.0743. The zero-order valence-electron chi connectivity index (χ0n) is 10.9. The maximum Gasteiger partial charge on any atom is 0.130 e. The standard InChI is InChI=1S/C15H21NO2/c1-12(17)10-15(5-7-16-8-6-15)11-13-3-2-4-14(18)9-13/h2-4,9,16,18H,5-8,10-11H2,1H3. The van der Waals surface area contributed by atoms with Crippen LogP contribution >= 0.6 is 0 Å². The number of hydrogen-bond acceptors (Lipinski definition) is 3. The molecule has 0 bridgehead atoms. The fraction of sp³-hybridized carbons (Fsp3) is 0.533. The van der Waals surface area contributed by atoms with E-state index in [1.807, 2.05) is 18.2 Å². The van der Waals surface area contributed by atoms with Gasteiger partial charge in [-0.25, -0.2) is 0 Å². The van der Waals surface area contributed by atoms with Crippen molar-refractivity contribution in [3.63, 3.8) is 0 Å². The number of rotatable bonds is 4. The van der Waals surface area contributed by atoms with Crippen molar-refractivity contribution in [1.82, 2.24) is 5.32 Å². The summed E-state index contributed by atoms with van der Waals surface area (Å²) in [5.41, 5.74) is 1.20. The van der Waals surface area contributed by atoms with Crippen LogP contribution in [0.1, 0.15) is 31.7 Å². The number of aromatic hydroxyl groups is 1. The monoisotopic (exact) mass is 247 g/mol. The van der Waals surface area contributed by atoms with E-state index < -0.39 is 0 Å². The Balaban J connectivity index is 2.16. The van der Waals surface area contributed by atoms with Crippen LogP contribution in [0.5, 0.6) is 5.75 Å². The van der Waals surface area contributed by atoms with Crippen molar-refractivity contribution in [2.24, 2.45) is 5.41 Å². The van der Waals surface area contributed by atoms with E-state index in [0.29, 0.717) is 12.2 Å². The number of ketones is 1. The van der Waals surface area contributed by atoms with Crippen LogP contribution in [0.25, 0.3) is 0 Å². The quantitative estimate of drug-likeness (QED) is 0.858. The Morgan fingerprint density at radius 3 is 2.72 bits per heavy atom. The largest absolute Gasteiger partial charge is 0.508 e. The summed E-state index contributed by atoms with van der Waals surface area (Å²) in [7, 11) is 0. The molecule has 2 rings (SSSR count). The van der Waals surface area contributed by atoms with Crippen LogP contribution in [0.3, 0.4) is 0 Å². The van der Waals surface area contributed by atoms with Crippen LogP contribution in [0, 0.1) is 5.41 Å². The molecular formula is C15H21NO2. The van der Waals surface area contributed by atoms with Gasteiger partial charge < -0.3 is 15.2 Å². The van der Waals surface area contributed by atoms with Crippen molar-refractivity contribution >= 4 is 5.78 Å². The smallest absolute Gasteiger partial charge is 0.130 e. The van der Waals surface area contributed by atoms with Crippen LogP contribution in [0.15, 0.2) is 24.3 Å². The number of phenols is 1. The summed E-state index contributed by atoms with van der Waals surface area (Å²) in [5, 5.41) is 12.9. The third kappa shape index (κ3) is 3.33. The first-order valence-corrected chi connectivity index (χ1v) is 6.58. The second-order valence-electron chi connectivity index (χ2n) is 5.48. The molecule has 0 amide bonds. The molecule has 0 aliphatic carbocycles. The summed E-state index contributed by atoms with van der Waals surface area (Å²) < 4.78 is 0. The van der Waals surface area contributed by atoms with Gasteiger partial charge in [0.1, 0.15) is 11.5 Å². The van der Waals surface area contributed by atoms with E-state index in [0.717, 1.165) is 37.9 Å². The van der Waals surface area contributed by atoms with Gasteiger partial charge in [0.15, 0.2) is 0 Å². The van der Waals surface area contributed by atoms with Gasteiger partial charge in [0.2, 0.25) is 0 Å². The molecule has 3 heteroatoms. The zero-order valence-corrected chi connectivity index (χ0v) is 10.9. The number of nitrogens with one attached hydrogen (secondary N) is 1. The van der Waals surface area contributed by atoms with Crippen LogP contribution in [0.4, 0.5) is 0 Å². The molecule has 1 heterocycles. The molecule has 3 nitrogen and oxygen atoms in total. The molecule has 1 fully saturated rings. The molecule has 0 unspecified atom stereocenters. The highest BCUT2D eigenvalue weighted by Crippen LogP contribution is 2.37. The second kappa shape index (κ2) is 5.53. The zero-order chi connectivity index (χ0) is 13.0. The summed E-state index contributed by atoms with van der Waals surface area (Å²) in [5.74, 6) is 0.566. The maximum atomic E-state index is 11.5. The molecule has 0 atom stereocenters. The summed E-state index contributed by atoms with van der Waals surface area (Å²) in [6.45, 7) is 3.63. The van der Waals surface area contributed by atoms with E-state index in [1.165, 1.54) is 0 Å². The van der Waals surface area contributed by atoms with Gasteiger partial charge in [-0.3, -0.25) is 0 Å². The topological polar surface area (TPSA) is 49.3 Å². The molecule has 0 saturated carbocycles. The molecule has 1 aromatic carbocycles. The Hall–Kier alpha value is -1.35. The lowest BCUT2D eigenvalue weighted by Gasteiger charge is -2.37. The highest BCUT2D eigenvalue weighted by molar-refractivity contribution is 5.76. The number of Topliss-reactive ketones (excluding diaryl/α,β-unsaturated/α-hetero) is 1. The number of carbonyl (C=O) groups is 1. The molecule has 0 spiro atoms. The number of carbonyl (C=O) groups excluding carboxylic acids is 1. The fourth-order valence-corrected chi connectivity index (χ4v) is 3.00. The van der Waals surface area contributed by atoms with Gasteiger partial charge >= 0.3 is 0 Å². The van der Waals surface area contributed by atoms with Crippen LogP contribution in [0.2, 0.25) is 0 Å². The maximum absolute atomic E-state index is 11.5. The van der Waals surface area contributed by atoms with E-state index in [-0.39, 0.29) is 11.2 Å². The van der Waals surface area contributed by atoms with E-state index >= 15 is 0 Å². The van der Waals surface area contributed by atoms with Gasteiger partial charge in [-0.05, 0) is 62.4 Å². The van der Waals surface area contributed by atoms with Crippen molar-refractivity contribution in [2.75, 3.05) is 13.1 Å². The van der Waals surface area contributed by atoms with Gasteiger partial charge in [0.25, 0.3) is 0 Å². The Bertz CT molecular complexity index is 422. The highest BCUT2D eigenvalue weighted by Gasteiger charge is 2.33. The minimum atomic E-state index is 0.0743. The number of piperidine rings is 1. The molecule has 2 N–H and O–H groups in total. The summed E-state index contributed by atoms with van der Waals surface area (Å²) in [4.78, 5) is 11.5. The molecule has 1 aliphatic rings. The van der Waals surface area contributed by atoms with Crippen molar-refractivity contribution in [1.29, 1.82) is 0 Å². The van der Waals surface area contributed by atoms with Crippen molar-refractivity contribution in [3.8, 4) is 5.75 Å². The number of hydrogen-bond donors (Lipinski definition) is 2. The number of phenolic OH excluding ortho intramolecular Hbond substituents is 1. The predicted molar refractivity (Wildman–Crippen MR) is 71.6 cm³/mol. The summed E-state index contributed by atoms with van der Waals surface area (Å²) in [6.07, 6.45) is 3.58. The molecule has 98 valence electrons. The molecule has 1 aromatic rings. The van der Waals surface area contributed by atoms with E-state index in [2.05, 4.69) is 5.32 Å². The lowest BCUT2D eigenvalue weighted by atomic mass is 9.71. The Morgan fingerprint density at radius 2 is 2.11 bits per heavy atom. The molecule has 1 saturated heterocycles. The summed E-state index contributed by atoms with van der Waals surface area (Å²) >= 11 is 0. The second-order valence-corrected chi connectivity index (χ2v) is 5.48. The first-order chi connectivity index (χ1) is 8.60. The van der Waals surface area contributed by atoms with Crippen LogP contribution in [-0.4, -0.2) is 24.0 Å². The lowest BCUT2D eigenvalue weighted by molar-refractivity contribution is -0.119. The number of benzene rings is 1. The first kappa shape index (κ1) is 13.1. The highest BCUT2D eigenvalue weighted by atomic mass is 16.3. The first-order valence-electron chi connectivity index (χ1n) is 6.58.